The molecule has 22 heavy (non-hydrogen) atoms. The highest BCUT2D eigenvalue weighted by atomic mass is 16.3. The van der Waals surface area contributed by atoms with Crippen molar-refractivity contribution in [2.75, 3.05) is 31.1 Å². The first kappa shape index (κ1) is 15.2. The molecule has 0 aromatic carbocycles. The van der Waals surface area contributed by atoms with Crippen LogP contribution in [0.2, 0.25) is 0 Å². The zero-order valence-electron chi connectivity index (χ0n) is 12.9. The van der Waals surface area contributed by atoms with Gasteiger partial charge in [-0.2, -0.15) is 0 Å². The minimum Gasteiger partial charge on any atom is -0.396 e. The van der Waals surface area contributed by atoms with E-state index in [9.17, 15) is 15.0 Å². The zero-order chi connectivity index (χ0) is 15.9. The molecule has 3 heterocycles. The standard InChI is InChI=1S/C15H22N4O3/c1-8(2)13-17-12-10(3-4-16-15(12)22)14(18-13)19-5-9(7-20)11(21)6-19/h8-9,11,20-21H,3-7H2,1-2H3,(H,16,22)/t9-,11+/m1/s1. The van der Waals surface area contributed by atoms with Gasteiger partial charge >= 0.3 is 0 Å². The second-order valence-corrected chi connectivity index (χ2v) is 6.31. The molecule has 7 heteroatoms. The molecule has 7 nitrogen and oxygen atoms in total. The molecule has 0 unspecified atom stereocenters. The topological polar surface area (TPSA) is 98.6 Å². The van der Waals surface area contributed by atoms with Crippen molar-refractivity contribution in [3.05, 3.63) is 17.1 Å². The van der Waals surface area contributed by atoms with E-state index in [0.717, 1.165) is 11.4 Å². The van der Waals surface area contributed by atoms with Crippen LogP contribution in [0.15, 0.2) is 0 Å². The number of fused-ring (bicyclic) bond motifs is 1. The number of carbonyl (C=O) groups is 1. The van der Waals surface area contributed by atoms with Crippen LogP contribution in [-0.2, 0) is 6.42 Å². The number of aromatic nitrogens is 2. The average molecular weight is 306 g/mol. The number of carbonyl (C=O) groups excluding carboxylic acids is 1. The summed E-state index contributed by atoms with van der Waals surface area (Å²) in [5.74, 6) is 1.14. The molecule has 0 aliphatic carbocycles. The summed E-state index contributed by atoms with van der Waals surface area (Å²) in [6.07, 6.45) is 0.112. The highest BCUT2D eigenvalue weighted by molar-refractivity contribution is 5.96. The Labute approximate surface area is 129 Å². The number of amides is 1. The highest BCUT2D eigenvalue weighted by Crippen LogP contribution is 2.30. The van der Waals surface area contributed by atoms with Gasteiger partial charge in [0.15, 0.2) is 0 Å². The highest BCUT2D eigenvalue weighted by Gasteiger charge is 2.35. The maximum atomic E-state index is 12.1. The Morgan fingerprint density at radius 2 is 2.14 bits per heavy atom. The van der Waals surface area contributed by atoms with Crippen molar-refractivity contribution in [2.45, 2.75) is 32.3 Å². The summed E-state index contributed by atoms with van der Waals surface area (Å²) in [7, 11) is 0. The van der Waals surface area contributed by atoms with Crippen molar-refractivity contribution in [3.63, 3.8) is 0 Å². The predicted molar refractivity (Wildman–Crippen MR) is 81.0 cm³/mol. The summed E-state index contributed by atoms with van der Waals surface area (Å²) in [6, 6.07) is 0. The summed E-state index contributed by atoms with van der Waals surface area (Å²) in [5.41, 5.74) is 1.29. The van der Waals surface area contributed by atoms with Gasteiger partial charge in [-0.15, -0.1) is 0 Å². The second kappa shape index (κ2) is 5.81. The minimum absolute atomic E-state index is 0.0531. The van der Waals surface area contributed by atoms with Gasteiger partial charge in [0.1, 0.15) is 17.3 Å². The summed E-state index contributed by atoms with van der Waals surface area (Å²) >= 11 is 0. The molecule has 1 amide bonds. The lowest BCUT2D eigenvalue weighted by Gasteiger charge is -2.25. The fourth-order valence-electron chi connectivity index (χ4n) is 3.02. The van der Waals surface area contributed by atoms with E-state index in [1.165, 1.54) is 0 Å². The minimum atomic E-state index is -0.574. The Kier molecular flexibility index (Phi) is 4.01. The summed E-state index contributed by atoms with van der Waals surface area (Å²) < 4.78 is 0. The van der Waals surface area contributed by atoms with Gasteiger partial charge in [-0.3, -0.25) is 4.79 Å². The largest absolute Gasteiger partial charge is 0.396 e. The van der Waals surface area contributed by atoms with Crippen LogP contribution in [0, 0.1) is 5.92 Å². The lowest BCUT2D eigenvalue weighted by atomic mass is 10.0. The van der Waals surface area contributed by atoms with Crippen LogP contribution in [0.4, 0.5) is 5.82 Å². The van der Waals surface area contributed by atoms with Gasteiger partial charge in [-0.25, -0.2) is 9.97 Å². The number of aliphatic hydroxyl groups excluding tert-OH is 2. The van der Waals surface area contributed by atoms with E-state index >= 15 is 0 Å². The molecule has 0 bridgehead atoms. The van der Waals surface area contributed by atoms with Gasteiger partial charge in [-0.1, -0.05) is 13.8 Å². The van der Waals surface area contributed by atoms with Crippen molar-refractivity contribution in [1.29, 1.82) is 0 Å². The van der Waals surface area contributed by atoms with E-state index in [2.05, 4.69) is 15.3 Å². The van der Waals surface area contributed by atoms with Crippen molar-refractivity contribution in [1.82, 2.24) is 15.3 Å². The Morgan fingerprint density at radius 3 is 2.77 bits per heavy atom. The van der Waals surface area contributed by atoms with E-state index in [-0.39, 0.29) is 24.3 Å². The smallest absolute Gasteiger partial charge is 0.270 e. The molecule has 1 saturated heterocycles. The normalized spacial score (nSPS) is 24.6. The molecule has 2 atom stereocenters. The van der Waals surface area contributed by atoms with E-state index in [0.29, 0.717) is 37.6 Å². The van der Waals surface area contributed by atoms with Crippen LogP contribution in [-0.4, -0.2) is 58.4 Å². The van der Waals surface area contributed by atoms with Crippen LogP contribution in [0.5, 0.6) is 0 Å². The first-order valence-corrected chi connectivity index (χ1v) is 7.74. The monoisotopic (exact) mass is 306 g/mol. The fourth-order valence-corrected chi connectivity index (χ4v) is 3.02. The van der Waals surface area contributed by atoms with Crippen LogP contribution >= 0.6 is 0 Å². The third kappa shape index (κ3) is 2.55. The van der Waals surface area contributed by atoms with Gasteiger partial charge < -0.3 is 20.4 Å². The van der Waals surface area contributed by atoms with Gasteiger partial charge in [0.2, 0.25) is 0 Å². The lowest BCUT2D eigenvalue weighted by molar-refractivity contribution is 0.0939. The van der Waals surface area contributed by atoms with Crippen LogP contribution in [0.25, 0.3) is 0 Å². The van der Waals surface area contributed by atoms with E-state index in [1.54, 1.807) is 0 Å². The number of aliphatic hydroxyl groups is 2. The predicted octanol–water partition coefficient (Wildman–Crippen LogP) is -0.325. The molecule has 1 aromatic heterocycles. The first-order chi connectivity index (χ1) is 10.5. The molecule has 0 radical (unpaired) electrons. The van der Waals surface area contributed by atoms with Crippen LogP contribution in [0.1, 0.15) is 41.6 Å². The van der Waals surface area contributed by atoms with E-state index in [1.807, 2.05) is 18.7 Å². The molecule has 3 N–H and O–H groups in total. The Hall–Kier alpha value is -1.73. The molecule has 2 aliphatic heterocycles. The molecule has 0 spiro atoms. The quantitative estimate of drug-likeness (QED) is 0.708. The summed E-state index contributed by atoms with van der Waals surface area (Å²) in [5, 5.41) is 22.2. The number of β-amino-alcohol motifs (C(OH)–C–C–N with tert-alkyl or cyclic N) is 1. The first-order valence-electron chi connectivity index (χ1n) is 7.74. The van der Waals surface area contributed by atoms with Crippen molar-refractivity contribution < 1.29 is 15.0 Å². The molecule has 1 aromatic rings. The number of rotatable bonds is 3. The van der Waals surface area contributed by atoms with Crippen LogP contribution in [0.3, 0.4) is 0 Å². The molecule has 2 aliphatic rings. The number of nitrogens with one attached hydrogen (secondary N) is 1. The van der Waals surface area contributed by atoms with Gasteiger partial charge in [-0.05, 0) is 6.42 Å². The maximum Gasteiger partial charge on any atom is 0.270 e. The molecule has 0 saturated carbocycles. The lowest BCUT2D eigenvalue weighted by Crippen LogP contribution is -2.36. The van der Waals surface area contributed by atoms with Gasteiger partial charge in [0, 0.05) is 37.0 Å². The molecule has 120 valence electrons. The Bertz CT molecular complexity index is 590. The Morgan fingerprint density at radius 1 is 1.36 bits per heavy atom. The number of hydrogen-bond donors (Lipinski definition) is 3. The number of nitrogens with zero attached hydrogens (tertiary/aromatic N) is 3. The van der Waals surface area contributed by atoms with Gasteiger partial charge in [0.05, 0.1) is 12.7 Å². The SMILES string of the molecule is CC(C)c1nc2c(c(N3C[C@H](CO)[C@@H](O)C3)n1)CCNC2=O. The number of anilines is 1. The van der Waals surface area contributed by atoms with Crippen LogP contribution < -0.4 is 10.2 Å². The number of hydrogen-bond acceptors (Lipinski definition) is 6. The molecular formula is C15H22N4O3. The van der Waals surface area contributed by atoms with Gasteiger partial charge in [0.25, 0.3) is 5.91 Å². The molecular weight excluding hydrogens is 284 g/mol. The third-order valence-corrected chi connectivity index (χ3v) is 4.34. The summed E-state index contributed by atoms with van der Waals surface area (Å²) in [6.45, 7) is 5.46. The van der Waals surface area contributed by atoms with E-state index < -0.39 is 6.10 Å². The zero-order valence-corrected chi connectivity index (χ0v) is 12.9. The molecule has 1 fully saturated rings. The Balaban J connectivity index is 2.04. The van der Waals surface area contributed by atoms with Crippen molar-refractivity contribution >= 4 is 11.7 Å². The summed E-state index contributed by atoms with van der Waals surface area (Å²) in [4.78, 5) is 23.1. The second-order valence-electron chi connectivity index (χ2n) is 6.31. The van der Waals surface area contributed by atoms with E-state index in [4.69, 9.17) is 0 Å². The fraction of sp³-hybridized carbons (Fsp3) is 0.667. The third-order valence-electron chi connectivity index (χ3n) is 4.34. The van der Waals surface area contributed by atoms with Crippen molar-refractivity contribution in [3.8, 4) is 0 Å². The van der Waals surface area contributed by atoms with Crippen molar-refractivity contribution in [2.24, 2.45) is 5.92 Å². The molecule has 3 rings (SSSR count). The average Bonchev–Trinajstić information content (AvgIpc) is 2.87. The maximum absolute atomic E-state index is 12.1.